The molecule has 0 N–H and O–H groups in total. The van der Waals surface area contributed by atoms with Crippen LogP contribution in [0.5, 0.6) is 0 Å². The number of hydrogen-bond acceptors (Lipinski definition) is 2. The first-order chi connectivity index (χ1) is 27.5. The summed E-state index contributed by atoms with van der Waals surface area (Å²) in [5.41, 5.74) is 14.1. The van der Waals surface area contributed by atoms with Crippen molar-refractivity contribution in [1.29, 1.82) is 0 Å². The van der Waals surface area contributed by atoms with Crippen LogP contribution in [0.3, 0.4) is 0 Å². The number of fused-ring (bicyclic) bond motifs is 6. The third kappa shape index (κ3) is 5.63. The predicted molar refractivity (Wildman–Crippen MR) is 239 cm³/mol. The first-order valence-electron chi connectivity index (χ1n) is 19.2. The maximum absolute atomic E-state index is 3.46. The van der Waals surface area contributed by atoms with Gasteiger partial charge >= 0.3 is 286 Å². The Hall–Kier alpha value is -6.38. The van der Waals surface area contributed by atoms with Gasteiger partial charge in [-0.25, -0.2) is 0 Å². The van der Waals surface area contributed by atoms with Crippen molar-refractivity contribution in [2.45, 2.75) is 19.3 Å². The van der Waals surface area contributed by atoms with Gasteiger partial charge in [0.05, 0.1) is 0 Å². The number of rotatable bonds is 7. The van der Waals surface area contributed by atoms with E-state index in [1.54, 1.807) is 0 Å². The minimum absolute atomic E-state index is 0.183. The first-order valence-corrected chi connectivity index (χ1v) is 20.1. The fourth-order valence-electron chi connectivity index (χ4n) is 8.78. The second kappa shape index (κ2) is 13.7. The Morgan fingerprint density at radius 3 is 1.66 bits per heavy atom. The van der Waals surface area contributed by atoms with Gasteiger partial charge in [-0.2, -0.15) is 0 Å². The monoisotopic (exact) mass is 783 g/mol. The summed E-state index contributed by atoms with van der Waals surface area (Å²) in [6.45, 7) is 4.76. The van der Waals surface area contributed by atoms with E-state index >= 15 is 0 Å². The van der Waals surface area contributed by atoms with Crippen molar-refractivity contribution in [1.82, 2.24) is 0 Å². The van der Waals surface area contributed by atoms with E-state index in [0.717, 1.165) is 32.9 Å². The summed E-state index contributed by atoms with van der Waals surface area (Å²) in [6.07, 6.45) is 0. The molecule has 0 aliphatic heterocycles. The average Bonchev–Trinajstić information content (AvgIpc) is 3.47. The molecular weight excluding hydrogens is 744 g/mol. The van der Waals surface area contributed by atoms with Gasteiger partial charge in [0.15, 0.2) is 0 Å². The van der Waals surface area contributed by atoms with Gasteiger partial charge in [-0.05, 0) is 16.2 Å². The molecule has 2 nitrogen and oxygen atoms in total. The van der Waals surface area contributed by atoms with Crippen LogP contribution in [0.25, 0.3) is 43.8 Å². The standard InChI is InChI=1S/C53H39N2Se/c1-53(2)47-28-16-29-49(51(47)46-33-38-32-31-37-19-12-13-26-43(37)45(38)35-48(46)53)54(39-20-8-4-9-21-39)41-24-14-25-42(34-41)55(40-22-10-5-11-23-40)50-30-15-27-44(52(50)56)36-17-6-3-7-18-36/h3-35H,1-2H3. The molecule has 9 aromatic carbocycles. The molecule has 0 fully saturated rings. The van der Waals surface area contributed by atoms with E-state index in [2.05, 4.69) is 240 Å². The summed E-state index contributed by atoms with van der Waals surface area (Å²) in [4.78, 5) is 4.82. The molecule has 56 heavy (non-hydrogen) atoms. The molecule has 9 aromatic rings. The van der Waals surface area contributed by atoms with Crippen LogP contribution in [0.15, 0.2) is 200 Å². The second-order valence-electron chi connectivity index (χ2n) is 15.1. The maximum atomic E-state index is 3.46. The van der Waals surface area contributed by atoms with Crippen LogP contribution in [-0.2, 0) is 5.41 Å². The molecule has 0 saturated carbocycles. The average molecular weight is 783 g/mol. The summed E-state index contributed by atoms with van der Waals surface area (Å²) < 4.78 is 1.10. The molecule has 1 radical (unpaired) electrons. The van der Waals surface area contributed by atoms with E-state index in [1.165, 1.54) is 60.6 Å². The molecule has 0 atom stereocenters. The summed E-state index contributed by atoms with van der Waals surface area (Å²) >= 11 is 3.46. The number of nitrogens with zero attached hydrogens (tertiary/aromatic N) is 2. The van der Waals surface area contributed by atoms with Crippen LogP contribution < -0.4 is 14.3 Å². The quantitative estimate of drug-likeness (QED) is 0.117. The molecule has 10 rings (SSSR count). The Balaban J connectivity index is 1.18. The number of benzene rings is 9. The van der Waals surface area contributed by atoms with Crippen LogP contribution in [0.4, 0.5) is 34.1 Å². The van der Waals surface area contributed by atoms with E-state index in [0.29, 0.717) is 0 Å². The molecule has 0 amide bonds. The Bertz CT molecular complexity index is 2900. The number of para-hydroxylation sites is 2. The summed E-state index contributed by atoms with van der Waals surface area (Å²) in [6, 6.07) is 72.7. The normalized spacial score (nSPS) is 12.7. The minimum atomic E-state index is -0.183. The van der Waals surface area contributed by atoms with Gasteiger partial charge in [0.2, 0.25) is 0 Å². The molecule has 0 heterocycles. The SMILES string of the molecule is CC1(C)c2cc3c(ccc4ccccc43)cc2-c2c(N(c3ccccc3)c3cccc(N(c4ccccc4)c4cccc(-c5ccccc5)c4[Se])c3)cccc21. The van der Waals surface area contributed by atoms with Crippen molar-refractivity contribution in [3.63, 3.8) is 0 Å². The fourth-order valence-corrected chi connectivity index (χ4v) is 9.50. The predicted octanol–water partition coefficient (Wildman–Crippen LogP) is 13.7. The molecule has 0 saturated heterocycles. The van der Waals surface area contributed by atoms with Crippen molar-refractivity contribution in [2.24, 2.45) is 0 Å². The van der Waals surface area contributed by atoms with E-state index in [-0.39, 0.29) is 5.41 Å². The van der Waals surface area contributed by atoms with Crippen molar-refractivity contribution < 1.29 is 0 Å². The van der Waals surface area contributed by atoms with Crippen molar-refractivity contribution in [2.75, 3.05) is 9.80 Å². The first kappa shape index (κ1) is 34.1. The van der Waals surface area contributed by atoms with Gasteiger partial charge in [0, 0.05) is 0 Å². The zero-order chi connectivity index (χ0) is 37.8. The Morgan fingerprint density at radius 1 is 0.393 bits per heavy atom. The van der Waals surface area contributed by atoms with E-state index < -0.39 is 0 Å². The van der Waals surface area contributed by atoms with Gasteiger partial charge < -0.3 is 0 Å². The van der Waals surface area contributed by atoms with Crippen molar-refractivity contribution in [3.8, 4) is 22.3 Å². The Labute approximate surface area is 337 Å². The Kier molecular flexibility index (Phi) is 8.37. The van der Waals surface area contributed by atoms with E-state index in [9.17, 15) is 0 Å². The van der Waals surface area contributed by atoms with Crippen LogP contribution in [0.2, 0.25) is 0 Å². The molecule has 3 heteroatoms. The number of hydrogen-bond donors (Lipinski definition) is 0. The van der Waals surface area contributed by atoms with E-state index in [4.69, 9.17) is 0 Å². The molecular formula is C53H39N2Se. The summed E-state index contributed by atoms with van der Waals surface area (Å²) in [5.74, 6) is 0. The van der Waals surface area contributed by atoms with Crippen LogP contribution in [0, 0.1) is 0 Å². The van der Waals surface area contributed by atoms with Crippen molar-refractivity contribution in [3.05, 3.63) is 211 Å². The zero-order valence-electron chi connectivity index (χ0n) is 31.4. The fraction of sp³-hybridized carbons (Fsp3) is 0.0566. The molecule has 267 valence electrons. The molecule has 1 aliphatic carbocycles. The molecule has 0 bridgehead atoms. The Morgan fingerprint density at radius 2 is 0.946 bits per heavy atom. The third-order valence-electron chi connectivity index (χ3n) is 11.5. The van der Waals surface area contributed by atoms with Crippen LogP contribution >= 0.6 is 0 Å². The van der Waals surface area contributed by atoms with Crippen molar-refractivity contribution >= 4 is 76.1 Å². The summed E-state index contributed by atoms with van der Waals surface area (Å²) in [5, 5.41) is 5.14. The molecule has 0 aromatic heterocycles. The van der Waals surface area contributed by atoms with Crippen LogP contribution in [-0.4, -0.2) is 16.0 Å². The zero-order valence-corrected chi connectivity index (χ0v) is 33.1. The van der Waals surface area contributed by atoms with Gasteiger partial charge in [-0.3, -0.25) is 0 Å². The molecule has 0 spiro atoms. The van der Waals surface area contributed by atoms with Gasteiger partial charge in [0.1, 0.15) is 0 Å². The molecule has 0 unspecified atom stereocenters. The topological polar surface area (TPSA) is 6.48 Å². The van der Waals surface area contributed by atoms with Gasteiger partial charge in [-0.1, -0.05) is 36.4 Å². The molecule has 1 aliphatic rings. The second-order valence-corrected chi connectivity index (χ2v) is 16.0. The third-order valence-corrected chi connectivity index (χ3v) is 12.4. The van der Waals surface area contributed by atoms with Gasteiger partial charge in [-0.15, -0.1) is 0 Å². The van der Waals surface area contributed by atoms with Gasteiger partial charge in [0.25, 0.3) is 0 Å². The number of anilines is 6. The van der Waals surface area contributed by atoms with Crippen LogP contribution in [0.1, 0.15) is 25.0 Å². The summed E-state index contributed by atoms with van der Waals surface area (Å²) in [7, 11) is 0. The van der Waals surface area contributed by atoms with E-state index in [1.807, 2.05) is 0 Å².